The van der Waals surface area contributed by atoms with Gasteiger partial charge >= 0.3 is 12.1 Å². The maximum Gasteiger partial charge on any atom is 0.344 e. The molecule has 0 aliphatic carbocycles. The van der Waals surface area contributed by atoms with Crippen molar-refractivity contribution in [3.8, 4) is 0 Å². The van der Waals surface area contributed by atoms with Crippen LogP contribution in [-0.2, 0) is 11.2 Å². The second kappa shape index (κ2) is 7.65. The van der Waals surface area contributed by atoms with Crippen LogP contribution in [-0.4, -0.2) is 28.5 Å². The summed E-state index contributed by atoms with van der Waals surface area (Å²) in [4.78, 5) is 37.9. The van der Waals surface area contributed by atoms with E-state index in [2.05, 4.69) is 32.0 Å². The van der Waals surface area contributed by atoms with Gasteiger partial charge < -0.3 is 10.6 Å². The summed E-state index contributed by atoms with van der Waals surface area (Å²) in [5.74, 6) is -1.23. The first-order chi connectivity index (χ1) is 12.8. The minimum Gasteiger partial charge on any atom is -0.322 e. The predicted molar refractivity (Wildman–Crippen MR) is 103 cm³/mol. The molecule has 1 aromatic carbocycles. The molecule has 1 saturated heterocycles. The van der Waals surface area contributed by atoms with E-state index >= 15 is 0 Å². The Labute approximate surface area is 167 Å². The first-order valence-electron chi connectivity index (χ1n) is 8.00. The van der Waals surface area contributed by atoms with Crippen molar-refractivity contribution in [3.63, 3.8) is 0 Å². The van der Waals surface area contributed by atoms with Gasteiger partial charge in [0.2, 0.25) is 0 Å². The van der Waals surface area contributed by atoms with Gasteiger partial charge in [-0.2, -0.15) is 5.01 Å². The Hall–Kier alpha value is -2.46. The summed E-state index contributed by atoms with van der Waals surface area (Å²) in [6, 6.07) is 6.32. The van der Waals surface area contributed by atoms with Crippen molar-refractivity contribution in [3.05, 3.63) is 50.9 Å². The van der Waals surface area contributed by atoms with Crippen LogP contribution in [0.2, 0.25) is 0 Å². The molecule has 2 aromatic rings. The number of anilines is 1. The fraction of sp³-hybridized carbons (Fsp3) is 0.235. The molecular formula is C17H16BrFN4O3S. The number of imide groups is 1. The highest BCUT2D eigenvalue weighted by Gasteiger charge is 2.48. The van der Waals surface area contributed by atoms with Gasteiger partial charge in [0.15, 0.2) is 0 Å². The molecule has 27 heavy (non-hydrogen) atoms. The third-order valence-corrected chi connectivity index (χ3v) is 5.53. The smallest absolute Gasteiger partial charge is 0.322 e. The molecule has 7 nitrogen and oxygen atoms in total. The van der Waals surface area contributed by atoms with Crippen molar-refractivity contribution >= 4 is 50.9 Å². The van der Waals surface area contributed by atoms with Crippen molar-refractivity contribution in [2.75, 3.05) is 5.32 Å². The molecule has 0 unspecified atom stereocenters. The van der Waals surface area contributed by atoms with Crippen LogP contribution in [0.4, 0.5) is 19.7 Å². The summed E-state index contributed by atoms with van der Waals surface area (Å²) < 4.78 is 14.3. The topological polar surface area (TPSA) is 90.5 Å². The lowest BCUT2D eigenvalue weighted by molar-refractivity contribution is -0.132. The quantitative estimate of drug-likeness (QED) is 0.602. The largest absolute Gasteiger partial charge is 0.344 e. The van der Waals surface area contributed by atoms with Crippen molar-refractivity contribution < 1.29 is 18.8 Å². The number of urea groups is 2. The lowest BCUT2D eigenvalue weighted by atomic mass is 9.96. The van der Waals surface area contributed by atoms with Gasteiger partial charge in [-0.3, -0.25) is 4.79 Å². The first kappa shape index (κ1) is 19.3. The molecule has 1 aromatic heterocycles. The highest BCUT2D eigenvalue weighted by Crippen LogP contribution is 2.24. The average molecular weight is 455 g/mol. The van der Waals surface area contributed by atoms with E-state index in [1.165, 1.54) is 12.1 Å². The minimum atomic E-state index is -1.13. The lowest BCUT2D eigenvalue weighted by Crippen LogP contribution is -2.50. The number of benzene rings is 1. The molecule has 0 saturated carbocycles. The van der Waals surface area contributed by atoms with E-state index in [0.717, 1.165) is 4.88 Å². The molecule has 3 N–H and O–H groups in total. The van der Waals surface area contributed by atoms with Crippen molar-refractivity contribution in [2.24, 2.45) is 0 Å². The number of nitrogens with zero attached hydrogens (tertiary/aromatic N) is 1. The predicted octanol–water partition coefficient (Wildman–Crippen LogP) is 3.63. The van der Waals surface area contributed by atoms with E-state index in [4.69, 9.17) is 0 Å². The Morgan fingerprint density at radius 2 is 2.15 bits per heavy atom. The Morgan fingerprint density at radius 3 is 2.81 bits per heavy atom. The molecule has 1 fully saturated rings. The van der Waals surface area contributed by atoms with Gasteiger partial charge in [0.1, 0.15) is 11.4 Å². The third kappa shape index (κ3) is 4.28. The molecule has 5 amide bonds. The third-order valence-electron chi connectivity index (χ3n) is 4.11. The average Bonchev–Trinajstić information content (AvgIpc) is 3.19. The molecule has 1 aliphatic rings. The molecule has 1 aliphatic heterocycles. The summed E-state index contributed by atoms with van der Waals surface area (Å²) in [5, 5.41) is 7.42. The summed E-state index contributed by atoms with van der Waals surface area (Å²) in [7, 11) is 0. The maximum absolute atomic E-state index is 13.8. The van der Waals surface area contributed by atoms with E-state index < -0.39 is 29.3 Å². The Balaban J connectivity index is 1.63. The van der Waals surface area contributed by atoms with Crippen molar-refractivity contribution in [2.45, 2.75) is 25.3 Å². The van der Waals surface area contributed by atoms with E-state index in [1.807, 2.05) is 17.5 Å². The van der Waals surface area contributed by atoms with E-state index in [0.29, 0.717) is 22.3 Å². The van der Waals surface area contributed by atoms with E-state index in [-0.39, 0.29) is 5.69 Å². The number of amides is 5. The van der Waals surface area contributed by atoms with Crippen LogP contribution in [0.25, 0.3) is 0 Å². The molecule has 3 rings (SSSR count). The number of hydrogen-bond donors (Lipinski definition) is 3. The van der Waals surface area contributed by atoms with Gasteiger partial charge in [-0.25, -0.2) is 19.4 Å². The normalized spacial score (nSPS) is 19.1. The number of rotatable bonds is 5. The van der Waals surface area contributed by atoms with Crippen LogP contribution in [0.15, 0.2) is 40.2 Å². The standard InChI is InChI=1S/C17H16BrFN4O3S/c1-17(7-6-11-3-2-8-27-11)14(24)23(16(26)21-17)22-15(25)20-13-5-4-10(18)9-12(13)19/h2-5,8-9H,6-7H2,1H3,(H,21,26)(H2,20,22,25)/t17-/m1/s1. The monoisotopic (exact) mass is 454 g/mol. The number of carbonyl (C=O) groups is 3. The minimum absolute atomic E-state index is 0.0804. The van der Waals surface area contributed by atoms with Crippen LogP contribution in [0.1, 0.15) is 18.2 Å². The molecule has 1 atom stereocenters. The van der Waals surface area contributed by atoms with Gasteiger partial charge in [0, 0.05) is 9.35 Å². The molecular weight excluding hydrogens is 439 g/mol. The number of nitrogens with one attached hydrogen (secondary N) is 3. The zero-order chi connectivity index (χ0) is 19.6. The number of hydrazine groups is 1. The second-order valence-electron chi connectivity index (χ2n) is 6.17. The Morgan fingerprint density at radius 1 is 1.37 bits per heavy atom. The first-order valence-corrected chi connectivity index (χ1v) is 9.67. The number of carbonyl (C=O) groups excluding carboxylic acids is 3. The molecule has 2 heterocycles. The highest BCUT2D eigenvalue weighted by atomic mass is 79.9. The molecule has 142 valence electrons. The number of halogens is 2. The number of aryl methyl sites for hydroxylation is 1. The van der Waals surface area contributed by atoms with E-state index in [9.17, 15) is 18.8 Å². The summed E-state index contributed by atoms with van der Waals surface area (Å²) in [5.41, 5.74) is 0.955. The lowest BCUT2D eigenvalue weighted by Gasteiger charge is -2.21. The van der Waals surface area contributed by atoms with Crippen molar-refractivity contribution in [1.82, 2.24) is 15.8 Å². The van der Waals surface area contributed by atoms with Crippen LogP contribution < -0.4 is 16.1 Å². The highest BCUT2D eigenvalue weighted by molar-refractivity contribution is 9.10. The van der Waals surface area contributed by atoms with Crippen LogP contribution in [0.5, 0.6) is 0 Å². The Bertz CT molecular complexity index is 892. The van der Waals surface area contributed by atoms with Gasteiger partial charge in [-0.1, -0.05) is 22.0 Å². The second-order valence-corrected chi connectivity index (χ2v) is 8.12. The summed E-state index contributed by atoms with van der Waals surface area (Å²) >= 11 is 4.68. The molecule has 0 radical (unpaired) electrons. The van der Waals surface area contributed by atoms with Gasteiger partial charge in [-0.15, -0.1) is 11.3 Å². The van der Waals surface area contributed by atoms with Crippen LogP contribution in [0.3, 0.4) is 0 Å². The van der Waals surface area contributed by atoms with Crippen molar-refractivity contribution in [1.29, 1.82) is 0 Å². The number of thiophene rings is 1. The molecule has 0 bridgehead atoms. The summed E-state index contributed by atoms with van der Waals surface area (Å²) in [6.07, 6.45) is 1.00. The van der Waals surface area contributed by atoms with Crippen LogP contribution in [0, 0.1) is 5.82 Å². The van der Waals surface area contributed by atoms with Gasteiger partial charge in [0.05, 0.1) is 5.69 Å². The SMILES string of the molecule is C[C@]1(CCc2cccs2)NC(=O)N(NC(=O)Nc2ccc(Br)cc2F)C1=O. The zero-order valence-corrected chi connectivity index (χ0v) is 16.6. The van der Waals surface area contributed by atoms with Gasteiger partial charge in [0.25, 0.3) is 5.91 Å². The molecule has 10 heteroatoms. The number of hydrogen-bond acceptors (Lipinski definition) is 4. The Kier molecular flexibility index (Phi) is 5.47. The summed E-state index contributed by atoms with van der Waals surface area (Å²) in [6.45, 7) is 1.61. The maximum atomic E-state index is 13.8. The molecule has 0 spiro atoms. The fourth-order valence-electron chi connectivity index (χ4n) is 2.63. The van der Waals surface area contributed by atoms with E-state index in [1.54, 1.807) is 24.3 Å². The van der Waals surface area contributed by atoms with Gasteiger partial charge in [-0.05, 0) is 49.4 Å². The fourth-order valence-corrected chi connectivity index (χ4v) is 3.67. The zero-order valence-electron chi connectivity index (χ0n) is 14.2. The van der Waals surface area contributed by atoms with Crippen LogP contribution >= 0.6 is 27.3 Å².